The van der Waals surface area contributed by atoms with Gasteiger partial charge in [-0.2, -0.15) is 0 Å². The molecule has 0 saturated heterocycles. The lowest BCUT2D eigenvalue weighted by molar-refractivity contribution is 0.931. The molecular weight excluding hydrogens is 186 g/mol. The van der Waals surface area contributed by atoms with Gasteiger partial charge >= 0.3 is 0 Å². The maximum Gasteiger partial charge on any atom is 0.159 e. The van der Waals surface area contributed by atoms with E-state index < -0.39 is 0 Å². The third-order valence-electron chi connectivity index (χ3n) is 1.47. The molecule has 0 aliphatic rings. The topological polar surface area (TPSA) is 30.7 Å². The van der Waals surface area contributed by atoms with E-state index in [-0.39, 0.29) is 0 Å². The third kappa shape index (κ3) is 4.11. The van der Waals surface area contributed by atoms with Gasteiger partial charge in [-0.05, 0) is 12.1 Å². The van der Waals surface area contributed by atoms with E-state index in [4.69, 9.17) is 0 Å². The highest BCUT2D eigenvalue weighted by Crippen LogP contribution is 2.05. The third-order valence-corrected chi connectivity index (χ3v) is 1.47. The molecule has 0 atom stereocenters. The Balaban J connectivity index is 0.000000342. The zero-order valence-corrected chi connectivity index (χ0v) is 10.4. The predicted molar refractivity (Wildman–Crippen MR) is 65.8 cm³/mol. The number of pyridine rings is 1. The second-order valence-corrected chi connectivity index (χ2v) is 2.91. The first-order chi connectivity index (χ1) is 7.29. The summed E-state index contributed by atoms with van der Waals surface area (Å²) < 4.78 is 1.90. The van der Waals surface area contributed by atoms with Gasteiger partial charge in [0.15, 0.2) is 5.65 Å². The summed E-state index contributed by atoms with van der Waals surface area (Å²) in [4.78, 5) is 8.26. The van der Waals surface area contributed by atoms with Crippen molar-refractivity contribution in [1.82, 2.24) is 14.5 Å². The highest BCUT2D eigenvalue weighted by atomic mass is 15.1. The number of hydrogen-bond acceptors (Lipinski definition) is 2. The molecule has 0 N–H and O–H groups in total. The molecule has 3 heteroatoms. The van der Waals surface area contributed by atoms with Crippen molar-refractivity contribution in [1.29, 1.82) is 0 Å². The second kappa shape index (κ2) is 7.97. The first-order valence-electron chi connectivity index (χ1n) is 5.51. The molecule has 0 radical (unpaired) electrons. The maximum atomic E-state index is 4.14. The summed E-state index contributed by atoms with van der Waals surface area (Å²) in [6, 6.07) is 3.83. The summed E-state index contributed by atoms with van der Waals surface area (Å²) in [6.07, 6.45) is 4.78. The van der Waals surface area contributed by atoms with Crippen LogP contribution in [-0.2, 0) is 7.05 Å². The Labute approximate surface area is 92.2 Å². The first-order valence-corrected chi connectivity index (χ1v) is 5.51. The summed E-state index contributed by atoms with van der Waals surface area (Å²) >= 11 is 0. The molecule has 0 aliphatic carbocycles. The van der Waals surface area contributed by atoms with Crippen LogP contribution in [0, 0.1) is 0 Å². The van der Waals surface area contributed by atoms with Crippen LogP contribution in [0.15, 0.2) is 24.7 Å². The number of rotatable bonds is 0. The van der Waals surface area contributed by atoms with E-state index in [1.165, 1.54) is 6.42 Å². The highest BCUT2D eigenvalue weighted by Gasteiger charge is 1.95. The van der Waals surface area contributed by atoms with Crippen molar-refractivity contribution in [3.63, 3.8) is 0 Å². The number of hydrogen-bond donors (Lipinski definition) is 0. The fourth-order valence-corrected chi connectivity index (χ4v) is 0.964. The van der Waals surface area contributed by atoms with Gasteiger partial charge in [0.05, 0.1) is 6.33 Å². The number of aryl methyl sites for hydroxylation is 1. The Morgan fingerprint density at radius 3 is 2.33 bits per heavy atom. The van der Waals surface area contributed by atoms with E-state index in [1.54, 1.807) is 12.5 Å². The molecule has 3 nitrogen and oxygen atoms in total. The van der Waals surface area contributed by atoms with E-state index in [1.807, 2.05) is 37.6 Å². The van der Waals surface area contributed by atoms with E-state index in [9.17, 15) is 0 Å². The number of nitrogens with zero attached hydrogens (tertiary/aromatic N) is 3. The highest BCUT2D eigenvalue weighted by molar-refractivity contribution is 5.69. The van der Waals surface area contributed by atoms with Gasteiger partial charge in [0.25, 0.3) is 0 Å². The van der Waals surface area contributed by atoms with Crippen LogP contribution in [0.2, 0.25) is 0 Å². The van der Waals surface area contributed by atoms with Gasteiger partial charge in [0, 0.05) is 13.2 Å². The SMILES string of the molecule is CC.CCC.Cn1cnc2cccnc21. The van der Waals surface area contributed by atoms with Crippen LogP contribution < -0.4 is 0 Å². The van der Waals surface area contributed by atoms with Crippen molar-refractivity contribution >= 4 is 11.2 Å². The molecular formula is C12H21N3. The van der Waals surface area contributed by atoms with Crippen LogP contribution >= 0.6 is 0 Å². The van der Waals surface area contributed by atoms with Crippen molar-refractivity contribution < 1.29 is 0 Å². The Morgan fingerprint density at radius 1 is 1.20 bits per heavy atom. The zero-order valence-electron chi connectivity index (χ0n) is 10.4. The minimum Gasteiger partial charge on any atom is -0.318 e. The van der Waals surface area contributed by atoms with Crippen molar-refractivity contribution in [3.8, 4) is 0 Å². The van der Waals surface area contributed by atoms with Crippen LogP contribution in [-0.4, -0.2) is 14.5 Å². The molecule has 2 rings (SSSR count). The fraction of sp³-hybridized carbons (Fsp3) is 0.500. The quantitative estimate of drug-likeness (QED) is 0.662. The molecule has 0 spiro atoms. The van der Waals surface area contributed by atoms with E-state index in [0.29, 0.717) is 0 Å². The molecule has 2 heterocycles. The van der Waals surface area contributed by atoms with Crippen molar-refractivity contribution in [2.45, 2.75) is 34.1 Å². The summed E-state index contributed by atoms with van der Waals surface area (Å²) in [5, 5.41) is 0. The summed E-state index contributed by atoms with van der Waals surface area (Å²) in [7, 11) is 1.93. The molecule has 2 aromatic heterocycles. The standard InChI is InChI=1S/C7H7N3.C3H8.C2H6/c1-10-5-9-6-3-2-4-8-7(6)10;1-3-2;1-2/h2-5H,1H3;3H2,1-2H3;1-2H3. The van der Waals surface area contributed by atoms with Gasteiger partial charge in [-0.3, -0.25) is 0 Å². The number of fused-ring (bicyclic) bond motifs is 1. The van der Waals surface area contributed by atoms with Crippen LogP contribution in [0.3, 0.4) is 0 Å². The molecule has 0 fully saturated rings. The maximum absolute atomic E-state index is 4.14. The smallest absolute Gasteiger partial charge is 0.159 e. The fourth-order valence-electron chi connectivity index (χ4n) is 0.964. The Kier molecular flexibility index (Phi) is 7.24. The molecule has 15 heavy (non-hydrogen) atoms. The molecule has 0 bridgehead atoms. The normalized spacial score (nSPS) is 8.60. The van der Waals surface area contributed by atoms with Gasteiger partial charge in [-0.25, -0.2) is 9.97 Å². The Bertz CT molecular complexity index is 366. The lowest BCUT2D eigenvalue weighted by Crippen LogP contribution is -1.85. The zero-order chi connectivity index (χ0) is 11.7. The summed E-state index contributed by atoms with van der Waals surface area (Å²) in [5.41, 5.74) is 1.88. The number of imidazole rings is 1. The van der Waals surface area contributed by atoms with Crippen LogP contribution in [0.4, 0.5) is 0 Å². The van der Waals surface area contributed by atoms with Gasteiger partial charge in [0.1, 0.15) is 5.52 Å². The molecule has 2 aromatic rings. The summed E-state index contributed by atoms with van der Waals surface area (Å²) in [5.74, 6) is 0. The largest absolute Gasteiger partial charge is 0.318 e. The van der Waals surface area contributed by atoms with E-state index >= 15 is 0 Å². The molecule has 84 valence electrons. The van der Waals surface area contributed by atoms with Crippen LogP contribution in [0.1, 0.15) is 34.1 Å². The average Bonchev–Trinajstić information content (AvgIpc) is 2.65. The second-order valence-electron chi connectivity index (χ2n) is 2.91. The van der Waals surface area contributed by atoms with E-state index in [0.717, 1.165) is 11.2 Å². The van der Waals surface area contributed by atoms with Crippen molar-refractivity contribution in [2.24, 2.45) is 7.05 Å². The Hall–Kier alpha value is -1.38. The van der Waals surface area contributed by atoms with Gasteiger partial charge in [-0.1, -0.05) is 34.1 Å². The lowest BCUT2D eigenvalue weighted by Gasteiger charge is -1.88. The number of aromatic nitrogens is 3. The van der Waals surface area contributed by atoms with Gasteiger partial charge in [-0.15, -0.1) is 0 Å². The first kappa shape index (κ1) is 13.6. The van der Waals surface area contributed by atoms with E-state index in [2.05, 4.69) is 23.8 Å². The minimum absolute atomic E-state index is 0.933. The molecule has 0 aromatic carbocycles. The predicted octanol–water partition coefficient (Wildman–Crippen LogP) is 3.41. The molecule has 0 amide bonds. The monoisotopic (exact) mass is 207 g/mol. The minimum atomic E-state index is 0.933. The summed E-state index contributed by atoms with van der Waals surface area (Å²) in [6.45, 7) is 8.25. The molecule has 0 unspecified atom stereocenters. The molecule has 0 saturated carbocycles. The average molecular weight is 207 g/mol. The van der Waals surface area contributed by atoms with Crippen molar-refractivity contribution in [3.05, 3.63) is 24.7 Å². The van der Waals surface area contributed by atoms with Crippen LogP contribution in [0.5, 0.6) is 0 Å². The van der Waals surface area contributed by atoms with Gasteiger partial charge < -0.3 is 4.57 Å². The molecule has 0 aliphatic heterocycles. The van der Waals surface area contributed by atoms with Crippen molar-refractivity contribution in [2.75, 3.05) is 0 Å². The lowest BCUT2D eigenvalue weighted by atomic mass is 10.4. The van der Waals surface area contributed by atoms with Crippen LogP contribution in [0.25, 0.3) is 11.2 Å². The van der Waals surface area contributed by atoms with Gasteiger partial charge in [0.2, 0.25) is 0 Å². The Morgan fingerprint density at radius 2 is 1.80 bits per heavy atom.